The third kappa shape index (κ3) is 5.87. The summed E-state index contributed by atoms with van der Waals surface area (Å²) < 4.78 is 0.868. The van der Waals surface area contributed by atoms with Gasteiger partial charge in [0.05, 0.1) is 13.0 Å². The number of halogens is 1. The number of hydrogen-bond donors (Lipinski definition) is 1. The standard InChI is InChI=1S/C20H23BrN4O2/c1-15-2-4-16(5-3-15)12-20(27)25-10-8-24(9-11-25)14-19(26)23-18-7-6-17(21)13-22-18/h2-7,13H,8-12,14H2,1H3,(H,22,23,26). The van der Waals surface area contributed by atoms with Gasteiger partial charge in [0.25, 0.3) is 0 Å². The molecule has 1 aromatic heterocycles. The molecule has 1 aromatic carbocycles. The van der Waals surface area contributed by atoms with E-state index in [1.54, 1.807) is 12.3 Å². The number of hydrogen-bond acceptors (Lipinski definition) is 4. The van der Waals surface area contributed by atoms with E-state index in [9.17, 15) is 9.59 Å². The Labute approximate surface area is 167 Å². The highest BCUT2D eigenvalue weighted by molar-refractivity contribution is 9.10. The molecule has 0 aliphatic carbocycles. The van der Waals surface area contributed by atoms with Crippen molar-refractivity contribution in [2.24, 2.45) is 0 Å². The van der Waals surface area contributed by atoms with E-state index in [0.29, 0.717) is 45.0 Å². The van der Waals surface area contributed by atoms with Crippen LogP contribution in [0, 0.1) is 6.92 Å². The highest BCUT2D eigenvalue weighted by atomic mass is 79.9. The summed E-state index contributed by atoms with van der Waals surface area (Å²) >= 11 is 3.32. The number of nitrogens with one attached hydrogen (secondary N) is 1. The van der Waals surface area contributed by atoms with Gasteiger partial charge in [-0.05, 0) is 40.5 Å². The van der Waals surface area contributed by atoms with Crippen LogP contribution >= 0.6 is 15.9 Å². The Hall–Kier alpha value is -2.25. The molecule has 0 atom stereocenters. The second-order valence-electron chi connectivity index (χ2n) is 6.73. The highest BCUT2D eigenvalue weighted by Crippen LogP contribution is 2.11. The molecule has 0 unspecified atom stereocenters. The minimum absolute atomic E-state index is 0.0933. The second-order valence-corrected chi connectivity index (χ2v) is 7.64. The van der Waals surface area contributed by atoms with Crippen molar-refractivity contribution in [3.05, 3.63) is 58.2 Å². The Morgan fingerprint density at radius 1 is 1.07 bits per heavy atom. The van der Waals surface area contributed by atoms with Crippen LogP contribution in [0.5, 0.6) is 0 Å². The van der Waals surface area contributed by atoms with E-state index in [2.05, 4.69) is 31.1 Å². The fourth-order valence-corrected chi connectivity index (χ4v) is 3.22. The molecule has 1 N–H and O–H groups in total. The predicted octanol–water partition coefficient (Wildman–Crippen LogP) is 2.48. The molecule has 7 heteroatoms. The van der Waals surface area contributed by atoms with Gasteiger partial charge < -0.3 is 10.2 Å². The number of aryl methyl sites for hydroxylation is 1. The number of anilines is 1. The van der Waals surface area contributed by atoms with Gasteiger partial charge >= 0.3 is 0 Å². The molecule has 1 fully saturated rings. The summed E-state index contributed by atoms with van der Waals surface area (Å²) in [5.41, 5.74) is 2.23. The number of aromatic nitrogens is 1. The van der Waals surface area contributed by atoms with E-state index in [1.165, 1.54) is 5.56 Å². The van der Waals surface area contributed by atoms with Crippen molar-refractivity contribution in [3.8, 4) is 0 Å². The van der Waals surface area contributed by atoms with Crippen molar-refractivity contribution in [2.45, 2.75) is 13.3 Å². The van der Waals surface area contributed by atoms with Crippen molar-refractivity contribution in [2.75, 3.05) is 38.0 Å². The maximum absolute atomic E-state index is 12.5. The quantitative estimate of drug-likeness (QED) is 0.790. The van der Waals surface area contributed by atoms with Crippen molar-refractivity contribution in [1.29, 1.82) is 0 Å². The number of benzene rings is 1. The topological polar surface area (TPSA) is 65.5 Å². The van der Waals surface area contributed by atoms with Crippen molar-refractivity contribution in [1.82, 2.24) is 14.8 Å². The maximum Gasteiger partial charge on any atom is 0.239 e. The number of carbonyl (C=O) groups is 2. The Morgan fingerprint density at radius 3 is 2.41 bits per heavy atom. The molecule has 1 saturated heterocycles. The lowest BCUT2D eigenvalue weighted by Gasteiger charge is -2.34. The lowest BCUT2D eigenvalue weighted by molar-refractivity contribution is -0.132. The summed E-state index contributed by atoms with van der Waals surface area (Å²) in [5.74, 6) is 0.585. The Kier molecular flexibility index (Phi) is 6.58. The average molecular weight is 431 g/mol. The van der Waals surface area contributed by atoms with Gasteiger partial charge in [-0.25, -0.2) is 4.98 Å². The van der Waals surface area contributed by atoms with Crippen molar-refractivity contribution < 1.29 is 9.59 Å². The van der Waals surface area contributed by atoms with Gasteiger partial charge in [-0.1, -0.05) is 29.8 Å². The Balaban J connectivity index is 1.42. The third-order valence-corrected chi connectivity index (χ3v) is 5.03. The highest BCUT2D eigenvalue weighted by Gasteiger charge is 2.22. The normalized spacial score (nSPS) is 14.8. The van der Waals surface area contributed by atoms with E-state index >= 15 is 0 Å². The molecule has 142 valence electrons. The molecular weight excluding hydrogens is 408 g/mol. The molecule has 0 spiro atoms. The minimum Gasteiger partial charge on any atom is -0.340 e. The molecule has 1 aliphatic heterocycles. The molecule has 27 heavy (non-hydrogen) atoms. The third-order valence-electron chi connectivity index (χ3n) is 4.56. The van der Waals surface area contributed by atoms with Gasteiger partial charge in [0.15, 0.2) is 0 Å². The first kappa shape index (κ1) is 19.5. The van der Waals surface area contributed by atoms with Gasteiger partial charge in [0.1, 0.15) is 5.82 Å². The molecule has 1 aliphatic rings. The fourth-order valence-electron chi connectivity index (χ4n) is 2.98. The Morgan fingerprint density at radius 2 is 1.78 bits per heavy atom. The molecule has 0 saturated carbocycles. The van der Waals surface area contributed by atoms with E-state index < -0.39 is 0 Å². The van der Waals surface area contributed by atoms with Crippen LogP contribution in [0.3, 0.4) is 0 Å². The molecule has 2 heterocycles. The van der Waals surface area contributed by atoms with Gasteiger partial charge in [0, 0.05) is 36.8 Å². The van der Waals surface area contributed by atoms with Crippen LogP contribution in [-0.2, 0) is 16.0 Å². The fraction of sp³-hybridized carbons (Fsp3) is 0.350. The molecule has 6 nitrogen and oxygen atoms in total. The average Bonchev–Trinajstić information content (AvgIpc) is 2.66. The summed E-state index contributed by atoms with van der Waals surface area (Å²) in [6, 6.07) is 11.7. The van der Waals surface area contributed by atoms with Crippen LogP contribution < -0.4 is 5.32 Å². The second kappa shape index (κ2) is 9.10. The number of carbonyl (C=O) groups excluding carboxylic acids is 2. The smallest absolute Gasteiger partial charge is 0.239 e. The number of pyridine rings is 1. The molecule has 3 rings (SSSR count). The van der Waals surface area contributed by atoms with Crippen LogP contribution in [0.2, 0.25) is 0 Å². The summed E-state index contributed by atoms with van der Waals surface area (Å²) in [6.45, 7) is 5.02. The first-order valence-corrected chi connectivity index (χ1v) is 9.76. The van der Waals surface area contributed by atoms with E-state index in [-0.39, 0.29) is 11.8 Å². The van der Waals surface area contributed by atoms with Gasteiger partial charge in [-0.3, -0.25) is 14.5 Å². The Bertz CT molecular complexity index is 785. The predicted molar refractivity (Wildman–Crippen MR) is 108 cm³/mol. The van der Waals surface area contributed by atoms with Crippen LogP contribution in [0.1, 0.15) is 11.1 Å². The van der Waals surface area contributed by atoms with Crippen LogP contribution in [0.15, 0.2) is 47.1 Å². The first-order chi connectivity index (χ1) is 13.0. The SMILES string of the molecule is Cc1ccc(CC(=O)N2CCN(CC(=O)Nc3ccc(Br)cn3)CC2)cc1. The van der Waals surface area contributed by atoms with E-state index in [0.717, 1.165) is 10.0 Å². The summed E-state index contributed by atoms with van der Waals surface area (Å²) in [6.07, 6.45) is 2.07. The van der Waals surface area contributed by atoms with Crippen LogP contribution in [0.4, 0.5) is 5.82 Å². The molecular formula is C20H23BrN4O2. The lowest BCUT2D eigenvalue weighted by Crippen LogP contribution is -2.50. The number of piperazine rings is 1. The van der Waals surface area contributed by atoms with E-state index in [1.807, 2.05) is 42.2 Å². The monoisotopic (exact) mass is 430 g/mol. The van der Waals surface area contributed by atoms with Crippen molar-refractivity contribution in [3.63, 3.8) is 0 Å². The number of rotatable bonds is 5. The summed E-state index contributed by atoms with van der Waals surface area (Å²) in [5, 5.41) is 2.79. The van der Waals surface area contributed by atoms with Crippen molar-refractivity contribution >= 4 is 33.6 Å². The first-order valence-electron chi connectivity index (χ1n) is 8.97. The summed E-state index contributed by atoms with van der Waals surface area (Å²) in [7, 11) is 0. The zero-order valence-corrected chi connectivity index (χ0v) is 16.9. The number of nitrogens with zero attached hydrogens (tertiary/aromatic N) is 3. The van der Waals surface area contributed by atoms with Gasteiger partial charge in [-0.2, -0.15) is 0 Å². The summed E-state index contributed by atoms with van der Waals surface area (Å²) in [4.78, 5) is 32.7. The van der Waals surface area contributed by atoms with E-state index in [4.69, 9.17) is 0 Å². The molecule has 0 bridgehead atoms. The van der Waals surface area contributed by atoms with Gasteiger partial charge in [-0.15, -0.1) is 0 Å². The maximum atomic E-state index is 12.5. The van der Waals surface area contributed by atoms with Crippen LogP contribution in [-0.4, -0.2) is 59.3 Å². The lowest BCUT2D eigenvalue weighted by atomic mass is 10.1. The molecule has 0 radical (unpaired) electrons. The van der Waals surface area contributed by atoms with Gasteiger partial charge in [0.2, 0.25) is 11.8 Å². The van der Waals surface area contributed by atoms with Crippen LogP contribution in [0.25, 0.3) is 0 Å². The zero-order valence-electron chi connectivity index (χ0n) is 15.3. The largest absolute Gasteiger partial charge is 0.340 e. The molecule has 2 amide bonds. The zero-order chi connectivity index (χ0) is 19.2. The number of amides is 2. The minimum atomic E-state index is -0.0933. The molecule has 2 aromatic rings.